The van der Waals surface area contributed by atoms with Gasteiger partial charge in [0.15, 0.2) is 0 Å². The standard InChI is InChI=1S/C14H20N2OS/c1-3-5-9-16(4-2)14(17)12-10-13(18-11-12)7-6-8-15/h10-11H,3-5,8-9,15H2,1-2H3. The molecule has 1 heterocycles. The molecular weight excluding hydrogens is 244 g/mol. The van der Waals surface area contributed by atoms with Crippen molar-refractivity contribution in [2.75, 3.05) is 19.6 Å². The van der Waals surface area contributed by atoms with Gasteiger partial charge in [-0.3, -0.25) is 4.79 Å². The third-order valence-electron chi connectivity index (χ3n) is 2.61. The molecule has 18 heavy (non-hydrogen) atoms. The summed E-state index contributed by atoms with van der Waals surface area (Å²) >= 11 is 1.49. The zero-order valence-electron chi connectivity index (χ0n) is 11.0. The van der Waals surface area contributed by atoms with Crippen LogP contribution in [0.2, 0.25) is 0 Å². The quantitative estimate of drug-likeness (QED) is 0.830. The summed E-state index contributed by atoms with van der Waals surface area (Å²) in [5, 5.41) is 1.87. The normalized spacial score (nSPS) is 9.72. The van der Waals surface area contributed by atoms with Gasteiger partial charge in [-0.1, -0.05) is 25.2 Å². The van der Waals surface area contributed by atoms with Crippen LogP contribution in [0.3, 0.4) is 0 Å². The summed E-state index contributed by atoms with van der Waals surface area (Å²) in [5.41, 5.74) is 6.06. The molecule has 0 aliphatic carbocycles. The van der Waals surface area contributed by atoms with Crippen molar-refractivity contribution in [1.82, 2.24) is 4.90 Å². The first-order valence-electron chi connectivity index (χ1n) is 6.29. The Morgan fingerprint density at radius 3 is 2.89 bits per heavy atom. The first-order valence-corrected chi connectivity index (χ1v) is 7.17. The van der Waals surface area contributed by atoms with Crippen molar-refractivity contribution in [3.63, 3.8) is 0 Å². The summed E-state index contributed by atoms with van der Waals surface area (Å²) in [6.45, 7) is 6.06. The fourth-order valence-electron chi connectivity index (χ4n) is 1.59. The molecule has 1 aromatic heterocycles. The number of carbonyl (C=O) groups excluding carboxylic acids is 1. The van der Waals surface area contributed by atoms with E-state index >= 15 is 0 Å². The molecule has 0 radical (unpaired) electrons. The van der Waals surface area contributed by atoms with E-state index in [0.717, 1.165) is 36.4 Å². The molecule has 0 saturated carbocycles. The average Bonchev–Trinajstić information content (AvgIpc) is 2.85. The molecule has 0 bridgehead atoms. The minimum Gasteiger partial charge on any atom is -0.339 e. The summed E-state index contributed by atoms with van der Waals surface area (Å²) in [4.78, 5) is 15.0. The summed E-state index contributed by atoms with van der Waals surface area (Å²) in [6.07, 6.45) is 2.14. The van der Waals surface area contributed by atoms with Crippen molar-refractivity contribution >= 4 is 17.2 Å². The Bertz CT molecular complexity index is 442. The van der Waals surface area contributed by atoms with Gasteiger partial charge in [0.1, 0.15) is 0 Å². The fourth-order valence-corrected chi connectivity index (χ4v) is 2.34. The molecule has 0 saturated heterocycles. The van der Waals surface area contributed by atoms with Crippen LogP contribution in [0, 0.1) is 11.8 Å². The van der Waals surface area contributed by atoms with Gasteiger partial charge in [0.2, 0.25) is 0 Å². The van der Waals surface area contributed by atoms with Crippen LogP contribution in [-0.2, 0) is 0 Å². The van der Waals surface area contributed by atoms with Crippen molar-refractivity contribution in [2.45, 2.75) is 26.7 Å². The smallest absolute Gasteiger partial charge is 0.254 e. The van der Waals surface area contributed by atoms with E-state index in [4.69, 9.17) is 5.73 Å². The Kier molecular flexibility index (Phi) is 6.48. The van der Waals surface area contributed by atoms with Crippen molar-refractivity contribution in [3.05, 3.63) is 21.9 Å². The van der Waals surface area contributed by atoms with Crippen LogP contribution >= 0.6 is 11.3 Å². The highest BCUT2D eigenvalue weighted by Gasteiger charge is 2.14. The van der Waals surface area contributed by atoms with Gasteiger partial charge in [-0.25, -0.2) is 0 Å². The molecule has 4 heteroatoms. The fraction of sp³-hybridized carbons (Fsp3) is 0.500. The molecular formula is C14H20N2OS. The predicted octanol–water partition coefficient (Wildman–Crippen LogP) is 2.32. The average molecular weight is 264 g/mol. The molecule has 0 spiro atoms. The van der Waals surface area contributed by atoms with E-state index in [-0.39, 0.29) is 5.91 Å². The third kappa shape index (κ3) is 4.17. The zero-order chi connectivity index (χ0) is 13.4. The van der Waals surface area contributed by atoms with Crippen LogP contribution in [-0.4, -0.2) is 30.4 Å². The SMILES string of the molecule is CCCCN(CC)C(=O)c1csc(C#CCN)c1. The highest BCUT2D eigenvalue weighted by atomic mass is 32.1. The molecule has 2 N–H and O–H groups in total. The Hall–Kier alpha value is -1.31. The minimum atomic E-state index is 0.1000. The zero-order valence-corrected chi connectivity index (χ0v) is 11.8. The van der Waals surface area contributed by atoms with E-state index in [0.29, 0.717) is 6.54 Å². The van der Waals surface area contributed by atoms with Crippen LogP contribution in [0.4, 0.5) is 0 Å². The van der Waals surface area contributed by atoms with Crippen LogP contribution in [0.15, 0.2) is 11.4 Å². The number of amides is 1. The maximum Gasteiger partial charge on any atom is 0.254 e. The Balaban J connectivity index is 2.72. The van der Waals surface area contributed by atoms with Gasteiger partial charge in [0, 0.05) is 18.5 Å². The Morgan fingerprint density at radius 1 is 1.50 bits per heavy atom. The molecule has 98 valence electrons. The van der Waals surface area contributed by atoms with Crippen molar-refractivity contribution in [3.8, 4) is 11.8 Å². The van der Waals surface area contributed by atoms with Gasteiger partial charge in [-0.05, 0) is 19.4 Å². The van der Waals surface area contributed by atoms with Crippen molar-refractivity contribution in [1.29, 1.82) is 0 Å². The molecule has 0 fully saturated rings. The van der Waals surface area contributed by atoms with E-state index < -0.39 is 0 Å². The molecule has 0 atom stereocenters. The number of nitrogens with two attached hydrogens (primary N) is 1. The first kappa shape index (κ1) is 14.7. The molecule has 0 aliphatic rings. The molecule has 1 rings (SSSR count). The lowest BCUT2D eigenvalue weighted by atomic mass is 10.2. The summed E-state index contributed by atoms with van der Waals surface area (Å²) < 4.78 is 0. The number of hydrogen-bond donors (Lipinski definition) is 1. The second kappa shape index (κ2) is 7.91. The first-order chi connectivity index (χ1) is 8.72. The molecule has 0 aromatic carbocycles. The summed E-state index contributed by atoms with van der Waals surface area (Å²) in [7, 11) is 0. The van der Waals surface area contributed by atoms with Gasteiger partial charge in [-0.15, -0.1) is 11.3 Å². The van der Waals surface area contributed by atoms with Crippen LogP contribution in [0.25, 0.3) is 0 Å². The number of nitrogens with zero attached hydrogens (tertiary/aromatic N) is 1. The van der Waals surface area contributed by atoms with Gasteiger partial charge >= 0.3 is 0 Å². The van der Waals surface area contributed by atoms with E-state index in [1.165, 1.54) is 11.3 Å². The van der Waals surface area contributed by atoms with Crippen LogP contribution in [0.5, 0.6) is 0 Å². The molecule has 3 nitrogen and oxygen atoms in total. The predicted molar refractivity (Wildman–Crippen MR) is 76.7 cm³/mol. The Labute approximate surface area is 113 Å². The van der Waals surface area contributed by atoms with Crippen molar-refractivity contribution in [2.24, 2.45) is 5.73 Å². The van der Waals surface area contributed by atoms with Gasteiger partial charge < -0.3 is 10.6 Å². The van der Waals surface area contributed by atoms with Gasteiger partial charge in [0.25, 0.3) is 5.91 Å². The summed E-state index contributed by atoms with van der Waals surface area (Å²) in [5.74, 6) is 5.85. The molecule has 1 amide bonds. The van der Waals surface area contributed by atoms with E-state index in [1.807, 2.05) is 23.3 Å². The second-order valence-corrected chi connectivity index (χ2v) is 4.86. The van der Waals surface area contributed by atoms with Crippen LogP contribution in [0.1, 0.15) is 41.9 Å². The number of thiophene rings is 1. The minimum absolute atomic E-state index is 0.1000. The molecule has 0 aliphatic heterocycles. The van der Waals surface area contributed by atoms with E-state index in [2.05, 4.69) is 18.8 Å². The molecule has 0 unspecified atom stereocenters. The largest absolute Gasteiger partial charge is 0.339 e. The Morgan fingerprint density at radius 2 is 2.28 bits per heavy atom. The molecule has 1 aromatic rings. The van der Waals surface area contributed by atoms with Crippen molar-refractivity contribution < 1.29 is 4.79 Å². The maximum absolute atomic E-state index is 12.2. The number of carbonyl (C=O) groups is 1. The second-order valence-electron chi connectivity index (χ2n) is 3.94. The van der Waals surface area contributed by atoms with Gasteiger partial charge in [-0.2, -0.15) is 0 Å². The van der Waals surface area contributed by atoms with Crippen LogP contribution < -0.4 is 5.73 Å². The number of hydrogen-bond acceptors (Lipinski definition) is 3. The monoisotopic (exact) mass is 264 g/mol. The van der Waals surface area contributed by atoms with E-state index in [9.17, 15) is 4.79 Å². The lowest BCUT2D eigenvalue weighted by molar-refractivity contribution is 0.0763. The lowest BCUT2D eigenvalue weighted by Crippen LogP contribution is -2.31. The lowest BCUT2D eigenvalue weighted by Gasteiger charge is -2.19. The summed E-state index contributed by atoms with van der Waals surface area (Å²) in [6, 6.07) is 1.85. The highest BCUT2D eigenvalue weighted by molar-refractivity contribution is 7.10. The topological polar surface area (TPSA) is 46.3 Å². The van der Waals surface area contributed by atoms with E-state index in [1.54, 1.807) is 0 Å². The maximum atomic E-state index is 12.2. The third-order valence-corrected chi connectivity index (χ3v) is 3.46. The highest BCUT2D eigenvalue weighted by Crippen LogP contribution is 2.15. The van der Waals surface area contributed by atoms with Gasteiger partial charge in [0.05, 0.1) is 17.0 Å². The number of unbranched alkanes of at least 4 members (excludes halogenated alkanes) is 1. The number of rotatable bonds is 5.